The number of rotatable bonds is 6. The van der Waals surface area contributed by atoms with Crippen LogP contribution in [0.3, 0.4) is 0 Å². The lowest BCUT2D eigenvalue weighted by atomic mass is 9.88. The molecule has 2 aliphatic rings. The maximum absolute atomic E-state index is 5.46. The smallest absolute Gasteiger partial charge is 0.203 e. The molecule has 1 N–H and O–H groups in total. The summed E-state index contributed by atoms with van der Waals surface area (Å²) in [6.07, 6.45) is 5.29. The van der Waals surface area contributed by atoms with Crippen molar-refractivity contribution in [2.75, 3.05) is 41.0 Å². The highest BCUT2D eigenvalue weighted by molar-refractivity contribution is 5.85. The summed E-state index contributed by atoms with van der Waals surface area (Å²) in [6, 6.07) is 4.88. The molecule has 0 radical (unpaired) electrons. The average Bonchev–Trinajstić information content (AvgIpc) is 3.16. The van der Waals surface area contributed by atoms with Gasteiger partial charge in [-0.1, -0.05) is 0 Å². The molecule has 2 aliphatic heterocycles. The molecule has 3 rings (SSSR count). The summed E-state index contributed by atoms with van der Waals surface area (Å²) in [5, 5.41) is 3.67. The van der Waals surface area contributed by atoms with Gasteiger partial charge in [-0.25, -0.2) is 0 Å². The molecule has 1 atom stereocenters. The third-order valence-corrected chi connectivity index (χ3v) is 5.43. The number of methoxy groups -OCH3 is 3. The van der Waals surface area contributed by atoms with E-state index in [1.807, 2.05) is 0 Å². The van der Waals surface area contributed by atoms with Crippen LogP contribution in [0, 0.1) is 5.92 Å². The Labute approximate surface area is 157 Å². The number of likely N-dealkylation sites (tertiary alicyclic amines) is 1. The van der Waals surface area contributed by atoms with Crippen molar-refractivity contribution in [2.45, 2.75) is 38.3 Å². The molecule has 5 nitrogen and oxygen atoms in total. The third-order valence-electron chi connectivity index (χ3n) is 5.43. The van der Waals surface area contributed by atoms with Crippen molar-refractivity contribution in [1.82, 2.24) is 10.2 Å². The van der Waals surface area contributed by atoms with E-state index >= 15 is 0 Å². The number of ether oxygens (including phenoxy) is 3. The number of nitrogens with zero attached hydrogens (tertiary/aromatic N) is 1. The Morgan fingerprint density at radius 2 is 1.64 bits per heavy atom. The highest BCUT2D eigenvalue weighted by Gasteiger charge is 2.28. The minimum atomic E-state index is 0. The standard InChI is InChI=1S/C19H30N2O3.ClH/c1-22-17-11-14(12-18(23-2)19(17)24-3)13-21-9-6-15(7-10-21)16-5-4-8-20-16;/h11-12,15-16,20H,4-10,13H2,1-3H3;1H. The molecule has 0 saturated carbocycles. The average molecular weight is 371 g/mol. The minimum absolute atomic E-state index is 0. The van der Waals surface area contributed by atoms with Gasteiger partial charge < -0.3 is 19.5 Å². The first-order chi connectivity index (χ1) is 11.7. The van der Waals surface area contributed by atoms with Crippen LogP contribution in [0.1, 0.15) is 31.2 Å². The number of piperidine rings is 1. The maximum Gasteiger partial charge on any atom is 0.203 e. The zero-order valence-corrected chi connectivity index (χ0v) is 16.4. The Morgan fingerprint density at radius 3 is 2.12 bits per heavy atom. The van der Waals surface area contributed by atoms with Gasteiger partial charge in [0, 0.05) is 12.6 Å². The van der Waals surface area contributed by atoms with Crippen LogP contribution in [-0.4, -0.2) is 51.9 Å². The van der Waals surface area contributed by atoms with Crippen LogP contribution in [0.25, 0.3) is 0 Å². The largest absolute Gasteiger partial charge is 0.493 e. The van der Waals surface area contributed by atoms with E-state index in [1.54, 1.807) is 21.3 Å². The van der Waals surface area contributed by atoms with Crippen molar-refractivity contribution in [2.24, 2.45) is 5.92 Å². The highest BCUT2D eigenvalue weighted by atomic mass is 35.5. The molecule has 6 heteroatoms. The first-order valence-corrected chi connectivity index (χ1v) is 8.99. The molecule has 142 valence electrons. The number of nitrogens with one attached hydrogen (secondary N) is 1. The van der Waals surface area contributed by atoms with Gasteiger partial charge in [0.15, 0.2) is 11.5 Å². The summed E-state index contributed by atoms with van der Waals surface area (Å²) in [6.45, 7) is 4.47. The van der Waals surface area contributed by atoms with Crippen LogP contribution >= 0.6 is 12.4 Å². The first-order valence-electron chi connectivity index (χ1n) is 8.99. The Hall–Kier alpha value is -1.17. The van der Waals surface area contributed by atoms with Gasteiger partial charge >= 0.3 is 0 Å². The quantitative estimate of drug-likeness (QED) is 0.833. The number of hydrogen-bond acceptors (Lipinski definition) is 5. The van der Waals surface area contributed by atoms with E-state index < -0.39 is 0 Å². The van der Waals surface area contributed by atoms with Crippen molar-refractivity contribution < 1.29 is 14.2 Å². The Balaban J connectivity index is 0.00000225. The topological polar surface area (TPSA) is 43.0 Å². The highest BCUT2D eigenvalue weighted by Crippen LogP contribution is 2.38. The van der Waals surface area contributed by atoms with E-state index in [9.17, 15) is 0 Å². The molecule has 0 spiro atoms. The molecule has 1 unspecified atom stereocenters. The van der Waals surface area contributed by atoms with Gasteiger partial charge in [0.05, 0.1) is 21.3 Å². The Morgan fingerprint density at radius 1 is 1.00 bits per heavy atom. The Bertz CT molecular complexity index is 516. The molecule has 25 heavy (non-hydrogen) atoms. The molecule has 0 amide bonds. The predicted molar refractivity (Wildman–Crippen MR) is 102 cm³/mol. The second kappa shape index (κ2) is 9.51. The second-order valence-electron chi connectivity index (χ2n) is 6.85. The van der Waals surface area contributed by atoms with Crippen LogP contribution in [0.2, 0.25) is 0 Å². The summed E-state index contributed by atoms with van der Waals surface area (Å²) < 4.78 is 16.3. The van der Waals surface area contributed by atoms with Crippen molar-refractivity contribution in [3.8, 4) is 17.2 Å². The van der Waals surface area contributed by atoms with Gasteiger partial charge in [-0.2, -0.15) is 0 Å². The second-order valence-corrected chi connectivity index (χ2v) is 6.85. The van der Waals surface area contributed by atoms with E-state index in [2.05, 4.69) is 22.3 Å². The van der Waals surface area contributed by atoms with Gasteiger partial charge in [0.1, 0.15) is 0 Å². The van der Waals surface area contributed by atoms with E-state index in [4.69, 9.17) is 14.2 Å². The van der Waals surface area contributed by atoms with E-state index in [-0.39, 0.29) is 12.4 Å². The molecular formula is C19H31ClN2O3. The molecule has 2 fully saturated rings. The van der Waals surface area contributed by atoms with Gasteiger partial charge in [-0.05, 0) is 68.9 Å². The lowest BCUT2D eigenvalue weighted by Crippen LogP contribution is -2.40. The minimum Gasteiger partial charge on any atom is -0.493 e. The maximum atomic E-state index is 5.46. The van der Waals surface area contributed by atoms with E-state index in [0.717, 1.165) is 30.0 Å². The summed E-state index contributed by atoms with van der Waals surface area (Å²) in [5.41, 5.74) is 1.21. The molecule has 2 saturated heterocycles. The molecule has 1 aromatic rings. The molecule has 0 aromatic heterocycles. The van der Waals surface area contributed by atoms with Gasteiger partial charge in [0.25, 0.3) is 0 Å². The number of hydrogen-bond donors (Lipinski definition) is 1. The van der Waals surface area contributed by atoms with Crippen LogP contribution in [0.4, 0.5) is 0 Å². The summed E-state index contributed by atoms with van der Waals surface area (Å²) in [5.74, 6) is 2.98. The first kappa shape index (κ1) is 20.1. The molecule has 0 aliphatic carbocycles. The van der Waals surface area contributed by atoms with Crippen LogP contribution in [0.5, 0.6) is 17.2 Å². The lowest BCUT2D eigenvalue weighted by Gasteiger charge is -2.35. The monoisotopic (exact) mass is 370 g/mol. The predicted octanol–water partition coefficient (Wildman–Crippen LogP) is 3.10. The lowest BCUT2D eigenvalue weighted by molar-refractivity contribution is 0.157. The summed E-state index contributed by atoms with van der Waals surface area (Å²) in [7, 11) is 4.98. The number of benzene rings is 1. The molecule has 0 bridgehead atoms. The molecular weight excluding hydrogens is 340 g/mol. The summed E-state index contributed by atoms with van der Waals surface area (Å²) in [4.78, 5) is 2.53. The van der Waals surface area contributed by atoms with Crippen molar-refractivity contribution in [3.63, 3.8) is 0 Å². The van der Waals surface area contributed by atoms with Crippen LogP contribution < -0.4 is 19.5 Å². The SMILES string of the molecule is COc1cc(CN2CCC(C3CCCN3)CC2)cc(OC)c1OC.Cl. The third kappa shape index (κ3) is 4.72. The van der Waals surface area contributed by atoms with Gasteiger partial charge in [0.2, 0.25) is 5.75 Å². The van der Waals surface area contributed by atoms with Gasteiger partial charge in [-0.15, -0.1) is 12.4 Å². The fraction of sp³-hybridized carbons (Fsp3) is 0.684. The van der Waals surface area contributed by atoms with Crippen molar-refractivity contribution in [3.05, 3.63) is 17.7 Å². The van der Waals surface area contributed by atoms with Gasteiger partial charge in [-0.3, -0.25) is 4.90 Å². The normalized spacial score (nSPS) is 21.6. The zero-order valence-electron chi connectivity index (χ0n) is 15.5. The van der Waals surface area contributed by atoms with Crippen molar-refractivity contribution in [1.29, 1.82) is 0 Å². The molecule has 1 aromatic carbocycles. The van der Waals surface area contributed by atoms with E-state index in [1.165, 1.54) is 50.9 Å². The van der Waals surface area contributed by atoms with Crippen molar-refractivity contribution >= 4 is 12.4 Å². The van der Waals surface area contributed by atoms with E-state index in [0.29, 0.717) is 5.75 Å². The fourth-order valence-corrected chi connectivity index (χ4v) is 4.11. The summed E-state index contributed by atoms with van der Waals surface area (Å²) >= 11 is 0. The zero-order chi connectivity index (χ0) is 16.9. The van der Waals surface area contributed by atoms with Crippen LogP contribution in [-0.2, 0) is 6.54 Å². The Kier molecular flexibility index (Phi) is 7.66. The number of halogens is 1. The fourth-order valence-electron chi connectivity index (χ4n) is 4.11. The van der Waals surface area contributed by atoms with Crippen LogP contribution in [0.15, 0.2) is 12.1 Å². The molecule has 2 heterocycles.